The summed E-state index contributed by atoms with van der Waals surface area (Å²) in [5.41, 5.74) is 0. The molecule has 0 aromatic carbocycles. The SMILES string of the molecule is CC\C=C/C=C\C=C/C=C\C=C/CCCC(=O)OC(COC(=O)CCCCCCC/C=C\CCCC)COC(=O)CCCCCCC/C=C\CCCCCCCCC. The summed E-state index contributed by atoms with van der Waals surface area (Å²) in [6.07, 6.45) is 58.6. The third-order valence-corrected chi connectivity index (χ3v) is 9.73. The predicted octanol–water partition coefficient (Wildman–Crippen LogP) is 15.3. The minimum absolute atomic E-state index is 0.113. The molecule has 0 spiro atoms. The van der Waals surface area contributed by atoms with Crippen molar-refractivity contribution in [1.29, 1.82) is 0 Å². The molecule has 0 aliphatic rings. The van der Waals surface area contributed by atoms with Gasteiger partial charge in [-0.25, -0.2) is 0 Å². The Kier molecular flexibility index (Phi) is 43.6. The number of rotatable bonds is 41. The minimum Gasteiger partial charge on any atom is -0.462 e. The zero-order valence-corrected chi connectivity index (χ0v) is 37.5. The summed E-state index contributed by atoms with van der Waals surface area (Å²) in [6, 6.07) is 0. The minimum atomic E-state index is -0.818. The average Bonchev–Trinajstić information content (AvgIpc) is 3.22. The molecule has 0 amide bonds. The van der Waals surface area contributed by atoms with Crippen LogP contribution < -0.4 is 0 Å². The predicted molar refractivity (Wildman–Crippen MR) is 247 cm³/mol. The summed E-state index contributed by atoms with van der Waals surface area (Å²) in [5.74, 6) is -1.01. The van der Waals surface area contributed by atoms with Crippen LogP contribution in [0.1, 0.15) is 207 Å². The Labute approximate surface area is 356 Å². The van der Waals surface area contributed by atoms with E-state index in [1.807, 2.05) is 54.7 Å². The van der Waals surface area contributed by atoms with Crippen molar-refractivity contribution >= 4 is 17.9 Å². The smallest absolute Gasteiger partial charge is 0.306 e. The van der Waals surface area contributed by atoms with Gasteiger partial charge in [0.05, 0.1) is 0 Å². The van der Waals surface area contributed by atoms with Crippen molar-refractivity contribution in [2.75, 3.05) is 13.2 Å². The van der Waals surface area contributed by atoms with Crippen LogP contribution in [0.2, 0.25) is 0 Å². The molecule has 0 aliphatic carbocycles. The van der Waals surface area contributed by atoms with Crippen LogP contribution in [0.15, 0.2) is 85.1 Å². The summed E-state index contributed by atoms with van der Waals surface area (Å²) < 4.78 is 16.6. The molecule has 0 radical (unpaired) electrons. The fourth-order valence-electron chi connectivity index (χ4n) is 6.15. The van der Waals surface area contributed by atoms with Gasteiger partial charge in [-0.2, -0.15) is 0 Å². The molecule has 6 nitrogen and oxygen atoms in total. The van der Waals surface area contributed by atoms with Gasteiger partial charge in [-0.15, -0.1) is 0 Å². The van der Waals surface area contributed by atoms with Crippen molar-refractivity contribution in [3.05, 3.63) is 85.1 Å². The number of unbranched alkanes of at least 4 members (excludes halogenated alkanes) is 20. The van der Waals surface area contributed by atoms with Gasteiger partial charge in [0, 0.05) is 19.3 Å². The summed E-state index contributed by atoms with van der Waals surface area (Å²) >= 11 is 0. The molecule has 0 saturated carbocycles. The quantitative estimate of drug-likeness (QED) is 0.0201. The Balaban J connectivity index is 4.50. The number of carbonyl (C=O) groups is 3. The van der Waals surface area contributed by atoms with Crippen LogP contribution in [0, 0.1) is 0 Å². The number of ether oxygens (including phenoxy) is 3. The topological polar surface area (TPSA) is 78.9 Å². The van der Waals surface area contributed by atoms with Gasteiger partial charge in [-0.05, 0) is 77.0 Å². The maximum atomic E-state index is 12.7. The standard InChI is InChI=1S/C52H86O6/c1-4-7-10-13-16-19-22-24-25-26-28-30-33-36-39-42-45-51(54)57-48-49(47-56-50(53)44-41-38-35-32-29-21-18-15-12-9-6-3)58-52(55)46-43-40-37-34-31-27-23-20-17-14-11-8-5-2/h8,11,14-15,17-18,20,23,25-27,31,34,37,49H,4-7,9-10,12-13,16,19,21-22,24,28-30,32-33,35-36,38-48H2,1-3H3/b11-8-,17-14-,18-15-,23-20-,26-25-,31-27-,37-34-. The first-order valence-electron chi connectivity index (χ1n) is 23.7. The maximum Gasteiger partial charge on any atom is 0.306 e. The number of hydrogen-bond acceptors (Lipinski definition) is 6. The fraction of sp³-hybridized carbons (Fsp3) is 0.673. The first-order valence-corrected chi connectivity index (χ1v) is 23.7. The van der Waals surface area contributed by atoms with E-state index in [0.29, 0.717) is 19.3 Å². The van der Waals surface area contributed by atoms with Crippen LogP contribution >= 0.6 is 0 Å². The van der Waals surface area contributed by atoms with Crippen LogP contribution in [0.5, 0.6) is 0 Å². The van der Waals surface area contributed by atoms with Gasteiger partial charge in [0.15, 0.2) is 6.10 Å². The molecule has 0 aliphatic heterocycles. The molecule has 0 aromatic rings. The second-order valence-corrected chi connectivity index (χ2v) is 15.4. The van der Waals surface area contributed by atoms with Crippen LogP contribution in [-0.2, 0) is 28.6 Å². The number of carbonyl (C=O) groups excluding carboxylic acids is 3. The van der Waals surface area contributed by atoms with Gasteiger partial charge in [0.25, 0.3) is 0 Å². The van der Waals surface area contributed by atoms with Crippen molar-refractivity contribution in [3.8, 4) is 0 Å². The van der Waals surface area contributed by atoms with E-state index in [9.17, 15) is 14.4 Å². The molecule has 0 N–H and O–H groups in total. The zero-order chi connectivity index (χ0) is 42.3. The molecular formula is C52H86O6. The van der Waals surface area contributed by atoms with E-state index in [2.05, 4.69) is 51.2 Å². The summed E-state index contributed by atoms with van der Waals surface area (Å²) in [5, 5.41) is 0. The molecule has 1 atom stereocenters. The van der Waals surface area contributed by atoms with Gasteiger partial charge in [-0.3, -0.25) is 14.4 Å². The lowest BCUT2D eigenvalue weighted by Crippen LogP contribution is -2.30. The Morgan fingerprint density at radius 3 is 1.19 bits per heavy atom. The van der Waals surface area contributed by atoms with Gasteiger partial charge in [0.2, 0.25) is 0 Å². The van der Waals surface area contributed by atoms with Crippen molar-refractivity contribution < 1.29 is 28.6 Å². The van der Waals surface area contributed by atoms with Gasteiger partial charge >= 0.3 is 17.9 Å². The molecule has 0 rings (SSSR count). The van der Waals surface area contributed by atoms with Crippen molar-refractivity contribution in [1.82, 2.24) is 0 Å². The van der Waals surface area contributed by atoms with E-state index in [-0.39, 0.29) is 37.5 Å². The molecule has 6 heteroatoms. The summed E-state index contributed by atoms with van der Waals surface area (Å²) in [4.78, 5) is 37.8. The summed E-state index contributed by atoms with van der Waals surface area (Å²) in [7, 11) is 0. The van der Waals surface area contributed by atoms with Crippen molar-refractivity contribution in [3.63, 3.8) is 0 Å². The highest BCUT2D eigenvalue weighted by Crippen LogP contribution is 2.13. The number of esters is 3. The van der Waals surface area contributed by atoms with E-state index in [4.69, 9.17) is 14.2 Å². The first kappa shape index (κ1) is 54.6. The highest BCUT2D eigenvalue weighted by Gasteiger charge is 2.19. The van der Waals surface area contributed by atoms with E-state index < -0.39 is 6.10 Å². The Morgan fingerprint density at radius 1 is 0.362 bits per heavy atom. The molecule has 0 aromatic heterocycles. The molecule has 58 heavy (non-hydrogen) atoms. The van der Waals surface area contributed by atoms with Gasteiger partial charge < -0.3 is 14.2 Å². The normalized spacial score (nSPS) is 12.8. The van der Waals surface area contributed by atoms with Gasteiger partial charge in [-0.1, -0.05) is 196 Å². The second kappa shape index (κ2) is 46.3. The highest BCUT2D eigenvalue weighted by molar-refractivity contribution is 5.71. The molecule has 0 saturated heterocycles. The van der Waals surface area contributed by atoms with Crippen molar-refractivity contribution in [2.24, 2.45) is 0 Å². The molecular weight excluding hydrogens is 721 g/mol. The lowest BCUT2D eigenvalue weighted by atomic mass is 10.1. The van der Waals surface area contributed by atoms with Crippen molar-refractivity contribution in [2.45, 2.75) is 213 Å². The van der Waals surface area contributed by atoms with E-state index in [1.165, 1.54) is 83.5 Å². The van der Waals surface area contributed by atoms with E-state index >= 15 is 0 Å². The maximum absolute atomic E-state index is 12.7. The number of allylic oxidation sites excluding steroid dienone is 14. The molecule has 0 bridgehead atoms. The summed E-state index contributed by atoms with van der Waals surface area (Å²) in [6.45, 7) is 6.36. The lowest BCUT2D eigenvalue weighted by molar-refractivity contribution is -0.167. The fourth-order valence-corrected chi connectivity index (χ4v) is 6.15. The Hall–Kier alpha value is -3.41. The van der Waals surface area contributed by atoms with Gasteiger partial charge in [0.1, 0.15) is 13.2 Å². The monoisotopic (exact) mass is 807 g/mol. The van der Waals surface area contributed by atoms with E-state index in [0.717, 1.165) is 77.0 Å². The van der Waals surface area contributed by atoms with Crippen LogP contribution in [0.25, 0.3) is 0 Å². The Morgan fingerprint density at radius 2 is 0.724 bits per heavy atom. The highest BCUT2D eigenvalue weighted by atomic mass is 16.6. The molecule has 330 valence electrons. The van der Waals surface area contributed by atoms with Crippen LogP contribution in [0.3, 0.4) is 0 Å². The van der Waals surface area contributed by atoms with Crippen LogP contribution in [-0.4, -0.2) is 37.2 Å². The zero-order valence-electron chi connectivity index (χ0n) is 37.5. The largest absolute Gasteiger partial charge is 0.462 e. The Bertz CT molecular complexity index is 1160. The second-order valence-electron chi connectivity index (χ2n) is 15.4. The molecule has 0 heterocycles. The molecule has 1 unspecified atom stereocenters. The average molecular weight is 807 g/mol. The third kappa shape index (κ3) is 43.7. The molecule has 0 fully saturated rings. The number of hydrogen-bond donors (Lipinski definition) is 0. The van der Waals surface area contributed by atoms with Crippen LogP contribution in [0.4, 0.5) is 0 Å². The first-order chi connectivity index (χ1) is 28.5. The lowest BCUT2D eigenvalue weighted by Gasteiger charge is -2.18. The third-order valence-electron chi connectivity index (χ3n) is 9.73. The van der Waals surface area contributed by atoms with E-state index in [1.54, 1.807) is 0 Å².